The third kappa shape index (κ3) is 3.15. The number of aromatic nitrogens is 1. The molecule has 8 heteroatoms. The summed E-state index contributed by atoms with van der Waals surface area (Å²) in [4.78, 5) is 15.7. The molecule has 1 aliphatic rings. The number of pyridine rings is 1. The molecule has 0 bridgehead atoms. The molecule has 2 heterocycles. The molecular weight excluding hydrogens is 336 g/mol. The number of methoxy groups -OCH3 is 1. The molecule has 1 saturated carbocycles. The van der Waals surface area contributed by atoms with Crippen LogP contribution < -0.4 is 4.72 Å². The minimum Gasteiger partial charge on any atom is -0.465 e. The van der Waals surface area contributed by atoms with E-state index < -0.39 is 16.0 Å². The Labute approximate surface area is 138 Å². The maximum absolute atomic E-state index is 12.5. The fraction of sp³-hybridized carbons (Fsp3) is 0.333. The maximum Gasteiger partial charge on any atom is 0.349 e. The van der Waals surface area contributed by atoms with Crippen LogP contribution in [0.3, 0.4) is 0 Å². The van der Waals surface area contributed by atoms with Gasteiger partial charge in [0.1, 0.15) is 9.77 Å². The highest BCUT2D eigenvalue weighted by Crippen LogP contribution is 2.47. The summed E-state index contributed by atoms with van der Waals surface area (Å²) in [5.74, 6) is -0.643. The molecular formula is C15H16N2O4S2. The number of carbonyl (C=O) groups is 1. The standard InChI is InChI=1S/C15H16N2O4S2/c1-21-14(18)13-12(4-9-22-13)23(19,20)17-10-15(5-6-15)11-2-7-16-8-3-11/h2-4,7-9,17H,5-6,10H2,1H3. The van der Waals surface area contributed by atoms with Crippen molar-refractivity contribution in [1.29, 1.82) is 0 Å². The van der Waals surface area contributed by atoms with Gasteiger partial charge in [-0.05, 0) is 42.0 Å². The second-order valence-electron chi connectivity index (χ2n) is 5.45. The Bertz CT molecular complexity index is 811. The maximum atomic E-state index is 12.5. The SMILES string of the molecule is COC(=O)c1sccc1S(=O)(=O)NCC1(c2ccncc2)CC1. The van der Waals surface area contributed by atoms with Gasteiger partial charge in [-0.25, -0.2) is 17.9 Å². The summed E-state index contributed by atoms with van der Waals surface area (Å²) in [5.41, 5.74) is 0.908. The van der Waals surface area contributed by atoms with E-state index in [9.17, 15) is 13.2 Å². The first-order chi connectivity index (χ1) is 11.0. The third-order valence-electron chi connectivity index (χ3n) is 4.04. The van der Waals surface area contributed by atoms with Crippen LogP contribution in [0.5, 0.6) is 0 Å². The van der Waals surface area contributed by atoms with Gasteiger partial charge in [-0.15, -0.1) is 11.3 Å². The number of hydrogen-bond donors (Lipinski definition) is 1. The van der Waals surface area contributed by atoms with E-state index in [1.54, 1.807) is 17.8 Å². The summed E-state index contributed by atoms with van der Waals surface area (Å²) >= 11 is 1.05. The van der Waals surface area contributed by atoms with Crippen LogP contribution in [0.2, 0.25) is 0 Å². The van der Waals surface area contributed by atoms with Gasteiger partial charge in [0.2, 0.25) is 10.0 Å². The summed E-state index contributed by atoms with van der Waals surface area (Å²) in [6, 6.07) is 5.24. The Kier molecular flexibility index (Phi) is 4.22. The summed E-state index contributed by atoms with van der Waals surface area (Å²) < 4.78 is 32.3. The van der Waals surface area contributed by atoms with E-state index in [-0.39, 0.29) is 15.2 Å². The first kappa shape index (κ1) is 16.1. The lowest BCUT2D eigenvalue weighted by Gasteiger charge is -2.16. The Morgan fingerprint density at radius 3 is 2.65 bits per heavy atom. The van der Waals surface area contributed by atoms with Gasteiger partial charge in [0.25, 0.3) is 0 Å². The van der Waals surface area contributed by atoms with E-state index >= 15 is 0 Å². The van der Waals surface area contributed by atoms with Gasteiger partial charge in [0, 0.05) is 24.4 Å². The van der Waals surface area contributed by atoms with Crippen molar-refractivity contribution < 1.29 is 17.9 Å². The minimum absolute atomic E-state index is 0.0279. The molecule has 122 valence electrons. The zero-order valence-electron chi connectivity index (χ0n) is 12.5. The van der Waals surface area contributed by atoms with Crippen molar-refractivity contribution in [3.8, 4) is 0 Å². The number of rotatable bonds is 6. The van der Waals surface area contributed by atoms with E-state index in [1.165, 1.54) is 13.2 Å². The van der Waals surface area contributed by atoms with Gasteiger partial charge in [0.15, 0.2) is 0 Å². The molecule has 3 rings (SSSR count). The zero-order chi connectivity index (χ0) is 16.5. The van der Waals surface area contributed by atoms with Crippen LogP contribution >= 0.6 is 11.3 Å². The van der Waals surface area contributed by atoms with Crippen LogP contribution in [0.1, 0.15) is 28.1 Å². The van der Waals surface area contributed by atoms with Gasteiger partial charge >= 0.3 is 5.97 Å². The summed E-state index contributed by atoms with van der Waals surface area (Å²) in [7, 11) is -2.53. The minimum atomic E-state index is -3.76. The van der Waals surface area contributed by atoms with Gasteiger partial charge in [-0.1, -0.05) is 0 Å². The second-order valence-corrected chi connectivity index (χ2v) is 8.10. The molecule has 2 aromatic heterocycles. The number of nitrogens with one attached hydrogen (secondary N) is 1. The van der Waals surface area contributed by atoms with Crippen LogP contribution in [-0.4, -0.2) is 33.0 Å². The monoisotopic (exact) mass is 352 g/mol. The van der Waals surface area contributed by atoms with Crippen molar-refractivity contribution in [3.05, 3.63) is 46.4 Å². The Morgan fingerprint density at radius 2 is 2.04 bits per heavy atom. The van der Waals surface area contributed by atoms with Crippen LogP contribution in [-0.2, 0) is 20.2 Å². The normalized spacial score (nSPS) is 16.0. The van der Waals surface area contributed by atoms with E-state index in [2.05, 4.69) is 14.4 Å². The quantitative estimate of drug-likeness (QED) is 0.803. The smallest absolute Gasteiger partial charge is 0.349 e. The molecule has 0 amide bonds. The van der Waals surface area contributed by atoms with Crippen molar-refractivity contribution >= 4 is 27.3 Å². The largest absolute Gasteiger partial charge is 0.465 e. The zero-order valence-corrected chi connectivity index (χ0v) is 14.1. The first-order valence-corrected chi connectivity index (χ1v) is 9.41. The van der Waals surface area contributed by atoms with Crippen molar-refractivity contribution in [2.75, 3.05) is 13.7 Å². The van der Waals surface area contributed by atoms with Gasteiger partial charge < -0.3 is 4.74 Å². The highest BCUT2D eigenvalue weighted by molar-refractivity contribution is 7.89. The van der Waals surface area contributed by atoms with Crippen molar-refractivity contribution in [2.45, 2.75) is 23.2 Å². The summed E-state index contributed by atoms with van der Waals surface area (Å²) in [5, 5.41) is 1.57. The fourth-order valence-corrected chi connectivity index (χ4v) is 4.95. The topological polar surface area (TPSA) is 85.4 Å². The molecule has 0 saturated heterocycles. The molecule has 0 unspecified atom stereocenters. The Balaban J connectivity index is 1.78. The molecule has 0 atom stereocenters. The molecule has 6 nitrogen and oxygen atoms in total. The van der Waals surface area contributed by atoms with E-state index in [0.717, 1.165) is 29.7 Å². The predicted molar refractivity (Wildman–Crippen MR) is 86.0 cm³/mol. The number of carbonyl (C=O) groups excluding carboxylic acids is 1. The average molecular weight is 352 g/mol. The van der Waals surface area contributed by atoms with Crippen LogP contribution in [0, 0.1) is 0 Å². The first-order valence-electron chi connectivity index (χ1n) is 7.04. The molecule has 2 aromatic rings. The highest BCUT2D eigenvalue weighted by atomic mass is 32.2. The van der Waals surface area contributed by atoms with Gasteiger partial charge in [-0.3, -0.25) is 4.98 Å². The number of nitrogens with zero attached hydrogens (tertiary/aromatic N) is 1. The number of ether oxygens (including phenoxy) is 1. The van der Waals surface area contributed by atoms with Crippen molar-refractivity contribution in [3.63, 3.8) is 0 Å². The molecule has 0 radical (unpaired) electrons. The molecule has 1 N–H and O–H groups in total. The van der Waals surface area contributed by atoms with E-state index in [0.29, 0.717) is 6.54 Å². The predicted octanol–water partition coefficient (Wildman–Crippen LogP) is 1.94. The molecule has 0 aromatic carbocycles. The third-order valence-corrected chi connectivity index (χ3v) is 6.50. The Hall–Kier alpha value is -1.77. The lowest BCUT2D eigenvalue weighted by molar-refractivity contribution is 0.0602. The number of hydrogen-bond acceptors (Lipinski definition) is 6. The molecule has 0 aliphatic heterocycles. The highest BCUT2D eigenvalue weighted by Gasteiger charge is 2.45. The second kappa shape index (κ2) is 6.03. The fourth-order valence-electron chi connectivity index (χ4n) is 2.49. The van der Waals surface area contributed by atoms with Crippen LogP contribution in [0.25, 0.3) is 0 Å². The molecule has 1 fully saturated rings. The number of esters is 1. The van der Waals surface area contributed by atoms with E-state index in [1.807, 2.05) is 12.1 Å². The van der Waals surface area contributed by atoms with Crippen molar-refractivity contribution in [2.24, 2.45) is 0 Å². The Morgan fingerprint density at radius 1 is 1.35 bits per heavy atom. The molecule has 0 spiro atoms. The van der Waals surface area contributed by atoms with Gasteiger partial charge in [-0.2, -0.15) is 0 Å². The molecule has 1 aliphatic carbocycles. The summed E-state index contributed by atoms with van der Waals surface area (Å²) in [6.45, 7) is 0.301. The van der Waals surface area contributed by atoms with Crippen molar-refractivity contribution in [1.82, 2.24) is 9.71 Å². The average Bonchev–Trinajstić information content (AvgIpc) is 3.20. The lowest BCUT2D eigenvalue weighted by Crippen LogP contribution is -2.32. The van der Waals surface area contributed by atoms with Crippen LogP contribution in [0.4, 0.5) is 0 Å². The number of thiophene rings is 1. The number of sulfonamides is 1. The summed E-state index contributed by atoms with van der Waals surface area (Å²) in [6.07, 6.45) is 5.26. The molecule has 23 heavy (non-hydrogen) atoms. The van der Waals surface area contributed by atoms with Crippen LogP contribution in [0.15, 0.2) is 40.9 Å². The lowest BCUT2D eigenvalue weighted by atomic mass is 9.98. The van der Waals surface area contributed by atoms with Gasteiger partial charge in [0.05, 0.1) is 7.11 Å². The van der Waals surface area contributed by atoms with E-state index in [4.69, 9.17) is 0 Å².